The van der Waals surface area contributed by atoms with Gasteiger partial charge >= 0.3 is 0 Å². The third-order valence-electron chi connectivity index (χ3n) is 2.57. The summed E-state index contributed by atoms with van der Waals surface area (Å²) in [6, 6.07) is 7.03. The van der Waals surface area contributed by atoms with E-state index in [9.17, 15) is 5.11 Å². The fourth-order valence-electron chi connectivity index (χ4n) is 1.60. The normalized spacial score (nSPS) is 14.2. The van der Waals surface area contributed by atoms with Crippen molar-refractivity contribution >= 4 is 11.6 Å². The second-order valence-corrected chi connectivity index (χ2v) is 4.40. The first kappa shape index (κ1) is 12.9. The predicted molar refractivity (Wildman–Crippen MR) is 67.5 cm³/mol. The van der Waals surface area contributed by atoms with Crippen LogP contribution >= 0.6 is 11.6 Å². The number of aryl methyl sites for hydroxylation is 1. The molecule has 1 aromatic carbocycles. The second-order valence-electron chi connectivity index (χ2n) is 3.97. The van der Waals surface area contributed by atoms with Gasteiger partial charge in [0.25, 0.3) is 0 Å². The molecule has 1 N–H and O–H groups in total. The van der Waals surface area contributed by atoms with Gasteiger partial charge in [0.2, 0.25) is 0 Å². The smallest absolute Gasteiger partial charge is 0.159 e. The number of nitrogens with zero attached hydrogens (tertiary/aromatic N) is 3. The monoisotopic (exact) mass is 267 g/mol. The summed E-state index contributed by atoms with van der Waals surface area (Å²) in [4.78, 5) is 3.99. The number of ether oxygens (including phenoxy) is 1. The van der Waals surface area contributed by atoms with Gasteiger partial charge in [-0.15, -0.1) is 0 Å². The van der Waals surface area contributed by atoms with Crippen LogP contribution in [-0.2, 0) is 7.05 Å². The molecule has 0 aliphatic carbocycles. The van der Waals surface area contributed by atoms with Crippen LogP contribution in [-0.4, -0.2) is 26.0 Å². The molecule has 6 heteroatoms. The average Bonchev–Trinajstić information content (AvgIpc) is 2.74. The van der Waals surface area contributed by atoms with E-state index in [4.69, 9.17) is 16.3 Å². The minimum atomic E-state index is -0.850. The number of halogens is 1. The topological polar surface area (TPSA) is 60.2 Å². The highest BCUT2D eigenvalue weighted by Crippen LogP contribution is 2.22. The Kier molecular flexibility index (Phi) is 3.84. The molecular weight excluding hydrogens is 254 g/mol. The Labute approximate surface area is 110 Å². The molecule has 2 atom stereocenters. The molecule has 0 radical (unpaired) electrons. The van der Waals surface area contributed by atoms with Crippen molar-refractivity contribution < 1.29 is 9.84 Å². The molecule has 1 heterocycles. The van der Waals surface area contributed by atoms with Gasteiger partial charge in [0.1, 0.15) is 24.3 Å². The van der Waals surface area contributed by atoms with Crippen LogP contribution < -0.4 is 4.74 Å². The fraction of sp³-hybridized carbons (Fsp3) is 0.333. The lowest BCUT2D eigenvalue weighted by Gasteiger charge is -2.19. The standard InChI is InChI=1S/C12H14ClN3O2/c1-8(11(17)12-14-7-15-16(12)2)18-10-5-3-4-9(13)6-10/h3-8,11,17H,1-2H3. The molecule has 0 aliphatic rings. The number of benzene rings is 1. The van der Waals surface area contributed by atoms with Crippen molar-refractivity contribution in [3.8, 4) is 5.75 Å². The van der Waals surface area contributed by atoms with Crippen LogP contribution in [0.4, 0.5) is 0 Å². The van der Waals surface area contributed by atoms with Crippen LogP contribution in [0.3, 0.4) is 0 Å². The Morgan fingerprint density at radius 1 is 1.44 bits per heavy atom. The number of hydrogen-bond acceptors (Lipinski definition) is 4. The van der Waals surface area contributed by atoms with Gasteiger partial charge in [-0.2, -0.15) is 5.10 Å². The molecule has 0 aliphatic heterocycles. The molecular formula is C12H14ClN3O2. The number of aliphatic hydroxyl groups excluding tert-OH is 1. The molecule has 2 rings (SSSR count). The Hall–Kier alpha value is -1.59. The van der Waals surface area contributed by atoms with Gasteiger partial charge < -0.3 is 9.84 Å². The van der Waals surface area contributed by atoms with Gasteiger partial charge in [0.15, 0.2) is 5.82 Å². The number of hydrogen-bond donors (Lipinski definition) is 1. The van der Waals surface area contributed by atoms with Crippen LogP contribution in [0.2, 0.25) is 5.02 Å². The van der Waals surface area contributed by atoms with Gasteiger partial charge in [-0.1, -0.05) is 17.7 Å². The molecule has 0 saturated carbocycles. The van der Waals surface area contributed by atoms with Crippen molar-refractivity contribution in [3.05, 3.63) is 41.4 Å². The van der Waals surface area contributed by atoms with Gasteiger partial charge in [-0.3, -0.25) is 4.68 Å². The van der Waals surface area contributed by atoms with E-state index in [0.29, 0.717) is 16.6 Å². The average molecular weight is 268 g/mol. The first-order valence-corrected chi connectivity index (χ1v) is 5.90. The van der Waals surface area contributed by atoms with E-state index in [2.05, 4.69) is 10.1 Å². The summed E-state index contributed by atoms with van der Waals surface area (Å²) >= 11 is 5.86. The largest absolute Gasteiger partial charge is 0.487 e. The first-order chi connectivity index (χ1) is 8.58. The Bertz CT molecular complexity index is 530. The number of aliphatic hydroxyl groups is 1. The van der Waals surface area contributed by atoms with Crippen LogP contribution in [0, 0.1) is 0 Å². The summed E-state index contributed by atoms with van der Waals surface area (Å²) in [6.07, 6.45) is 0.0906. The van der Waals surface area contributed by atoms with Crippen molar-refractivity contribution in [2.24, 2.45) is 7.05 Å². The van der Waals surface area contributed by atoms with E-state index < -0.39 is 12.2 Å². The van der Waals surface area contributed by atoms with E-state index in [-0.39, 0.29) is 0 Å². The molecule has 2 aromatic rings. The van der Waals surface area contributed by atoms with Crippen molar-refractivity contribution in [2.45, 2.75) is 19.1 Å². The van der Waals surface area contributed by atoms with Crippen LogP contribution in [0.5, 0.6) is 5.75 Å². The van der Waals surface area contributed by atoms with Crippen molar-refractivity contribution in [1.82, 2.24) is 14.8 Å². The molecule has 0 bridgehead atoms. The zero-order chi connectivity index (χ0) is 13.1. The Morgan fingerprint density at radius 2 is 2.22 bits per heavy atom. The zero-order valence-electron chi connectivity index (χ0n) is 10.1. The summed E-state index contributed by atoms with van der Waals surface area (Å²) < 4.78 is 7.14. The zero-order valence-corrected chi connectivity index (χ0v) is 10.9. The minimum Gasteiger partial charge on any atom is -0.487 e. The number of aromatic nitrogens is 3. The van der Waals surface area contributed by atoms with Crippen LogP contribution in [0.1, 0.15) is 18.9 Å². The quantitative estimate of drug-likeness (QED) is 0.920. The second kappa shape index (κ2) is 5.37. The minimum absolute atomic E-state index is 0.452. The van der Waals surface area contributed by atoms with Crippen LogP contribution in [0.15, 0.2) is 30.6 Å². The van der Waals surface area contributed by atoms with E-state index in [1.54, 1.807) is 38.2 Å². The highest BCUT2D eigenvalue weighted by atomic mass is 35.5. The van der Waals surface area contributed by atoms with Crippen molar-refractivity contribution in [2.75, 3.05) is 0 Å². The summed E-state index contributed by atoms with van der Waals surface area (Å²) in [5.74, 6) is 1.07. The lowest BCUT2D eigenvalue weighted by molar-refractivity contribution is 0.0383. The molecule has 0 amide bonds. The summed E-state index contributed by atoms with van der Waals surface area (Å²) in [6.45, 7) is 1.76. The maximum atomic E-state index is 10.1. The summed E-state index contributed by atoms with van der Waals surface area (Å²) in [7, 11) is 1.72. The van der Waals surface area contributed by atoms with Crippen LogP contribution in [0.25, 0.3) is 0 Å². The molecule has 18 heavy (non-hydrogen) atoms. The highest BCUT2D eigenvalue weighted by molar-refractivity contribution is 6.30. The predicted octanol–water partition coefficient (Wildman–Crippen LogP) is 1.97. The molecule has 0 saturated heterocycles. The maximum Gasteiger partial charge on any atom is 0.159 e. The van der Waals surface area contributed by atoms with Gasteiger partial charge in [-0.05, 0) is 25.1 Å². The third-order valence-corrected chi connectivity index (χ3v) is 2.81. The number of rotatable bonds is 4. The van der Waals surface area contributed by atoms with Gasteiger partial charge in [-0.25, -0.2) is 4.98 Å². The summed E-state index contributed by atoms with van der Waals surface area (Å²) in [5, 5.41) is 14.6. The van der Waals surface area contributed by atoms with Gasteiger partial charge in [0, 0.05) is 12.1 Å². The van der Waals surface area contributed by atoms with E-state index in [0.717, 1.165) is 0 Å². The Balaban J connectivity index is 2.08. The molecule has 2 unspecified atom stereocenters. The van der Waals surface area contributed by atoms with Crippen molar-refractivity contribution in [1.29, 1.82) is 0 Å². The first-order valence-electron chi connectivity index (χ1n) is 5.52. The van der Waals surface area contributed by atoms with Crippen molar-refractivity contribution in [3.63, 3.8) is 0 Å². The van der Waals surface area contributed by atoms with E-state index in [1.807, 2.05) is 0 Å². The lowest BCUT2D eigenvalue weighted by Crippen LogP contribution is -2.24. The van der Waals surface area contributed by atoms with E-state index >= 15 is 0 Å². The lowest BCUT2D eigenvalue weighted by atomic mass is 10.2. The molecule has 1 aromatic heterocycles. The summed E-state index contributed by atoms with van der Waals surface area (Å²) in [5.41, 5.74) is 0. The third kappa shape index (κ3) is 2.80. The molecule has 0 spiro atoms. The van der Waals surface area contributed by atoms with E-state index in [1.165, 1.54) is 11.0 Å². The highest BCUT2D eigenvalue weighted by Gasteiger charge is 2.22. The SMILES string of the molecule is CC(Oc1cccc(Cl)c1)C(O)c1ncnn1C. The maximum absolute atomic E-state index is 10.1. The molecule has 0 fully saturated rings. The molecule has 5 nitrogen and oxygen atoms in total. The van der Waals surface area contributed by atoms with Gasteiger partial charge in [0.05, 0.1) is 0 Å². The fourth-order valence-corrected chi connectivity index (χ4v) is 1.78. The Morgan fingerprint density at radius 3 is 2.83 bits per heavy atom. The molecule has 96 valence electrons.